The number of nitrogens with zero attached hydrogens (tertiary/aromatic N) is 3. The van der Waals surface area contributed by atoms with Crippen molar-refractivity contribution in [2.24, 2.45) is 5.92 Å². The Balaban J connectivity index is 1.39. The van der Waals surface area contributed by atoms with Crippen LogP contribution in [0, 0.1) is 5.92 Å². The second-order valence-corrected chi connectivity index (χ2v) is 7.00. The molecule has 1 atom stereocenters. The van der Waals surface area contributed by atoms with E-state index < -0.39 is 0 Å². The lowest BCUT2D eigenvalue weighted by atomic mass is 10.1. The number of rotatable bonds is 7. The second kappa shape index (κ2) is 7.81. The molecule has 3 rings (SSSR count). The minimum absolute atomic E-state index is 0.0533. The Labute approximate surface area is 143 Å². The highest BCUT2D eigenvalue weighted by atomic mass is 16.2. The van der Waals surface area contributed by atoms with Gasteiger partial charge < -0.3 is 14.8 Å². The van der Waals surface area contributed by atoms with E-state index in [1.165, 1.54) is 12.8 Å². The van der Waals surface area contributed by atoms with Crippen LogP contribution in [0.25, 0.3) is 0 Å². The fraction of sp³-hybridized carbons (Fsp3) is 0.722. The summed E-state index contributed by atoms with van der Waals surface area (Å²) in [7, 11) is 0. The standard InChI is InChI=1S/C18H28N4O2/c1-2-16-19-8-10-21(16)9-7-17(23)20-12-14-11-18(24)22(13-14)15-5-3-4-6-15/h8,10,14-15H,2-7,9,11-13H2,1H3,(H,20,23). The van der Waals surface area contributed by atoms with E-state index in [1.54, 1.807) is 6.20 Å². The van der Waals surface area contributed by atoms with Crippen LogP contribution >= 0.6 is 0 Å². The van der Waals surface area contributed by atoms with Crippen molar-refractivity contribution in [3.05, 3.63) is 18.2 Å². The van der Waals surface area contributed by atoms with E-state index in [0.717, 1.165) is 31.6 Å². The molecule has 1 aliphatic carbocycles. The van der Waals surface area contributed by atoms with Crippen LogP contribution in [0.4, 0.5) is 0 Å². The van der Waals surface area contributed by atoms with Gasteiger partial charge in [-0.25, -0.2) is 4.98 Å². The summed E-state index contributed by atoms with van der Waals surface area (Å²) in [4.78, 5) is 30.6. The summed E-state index contributed by atoms with van der Waals surface area (Å²) < 4.78 is 2.03. The van der Waals surface area contributed by atoms with Crippen molar-refractivity contribution in [2.75, 3.05) is 13.1 Å². The summed E-state index contributed by atoms with van der Waals surface area (Å²) in [6.07, 6.45) is 10.4. The first kappa shape index (κ1) is 17.0. The number of carbonyl (C=O) groups excluding carboxylic acids is 2. The summed E-state index contributed by atoms with van der Waals surface area (Å²) in [5.41, 5.74) is 0. The lowest BCUT2D eigenvalue weighted by molar-refractivity contribution is -0.129. The predicted octanol–water partition coefficient (Wildman–Crippen LogP) is 1.74. The van der Waals surface area contributed by atoms with Gasteiger partial charge in [-0.3, -0.25) is 9.59 Å². The highest BCUT2D eigenvalue weighted by Crippen LogP contribution is 2.29. The number of imidazole rings is 1. The number of hydrogen-bond donors (Lipinski definition) is 1. The molecule has 1 saturated carbocycles. The third-order valence-electron chi connectivity index (χ3n) is 5.29. The Morgan fingerprint density at radius 2 is 2.17 bits per heavy atom. The quantitative estimate of drug-likeness (QED) is 0.827. The fourth-order valence-corrected chi connectivity index (χ4v) is 3.94. The molecule has 1 aliphatic heterocycles. The smallest absolute Gasteiger partial charge is 0.223 e. The van der Waals surface area contributed by atoms with Gasteiger partial charge in [0, 0.05) is 63.3 Å². The molecule has 24 heavy (non-hydrogen) atoms. The molecule has 6 nitrogen and oxygen atoms in total. The largest absolute Gasteiger partial charge is 0.356 e. The van der Waals surface area contributed by atoms with E-state index in [2.05, 4.69) is 22.1 Å². The average molecular weight is 332 g/mol. The van der Waals surface area contributed by atoms with E-state index in [0.29, 0.717) is 32.0 Å². The maximum atomic E-state index is 12.2. The summed E-state index contributed by atoms with van der Waals surface area (Å²) in [5.74, 6) is 1.60. The van der Waals surface area contributed by atoms with Gasteiger partial charge in [0.25, 0.3) is 0 Å². The van der Waals surface area contributed by atoms with Gasteiger partial charge in [0.1, 0.15) is 5.82 Å². The van der Waals surface area contributed by atoms with Crippen LogP contribution < -0.4 is 5.32 Å². The molecule has 0 spiro atoms. The van der Waals surface area contributed by atoms with Gasteiger partial charge in [0.05, 0.1) is 0 Å². The second-order valence-electron chi connectivity index (χ2n) is 7.00. The molecule has 1 N–H and O–H groups in total. The Morgan fingerprint density at radius 3 is 2.92 bits per heavy atom. The molecular formula is C18H28N4O2. The number of amides is 2. The number of carbonyl (C=O) groups is 2. The van der Waals surface area contributed by atoms with Crippen LogP contribution in [0.3, 0.4) is 0 Å². The first-order valence-electron chi connectivity index (χ1n) is 9.23. The molecule has 1 saturated heterocycles. The molecular weight excluding hydrogens is 304 g/mol. The zero-order valence-corrected chi connectivity index (χ0v) is 14.5. The van der Waals surface area contributed by atoms with Crippen molar-refractivity contribution < 1.29 is 9.59 Å². The minimum atomic E-state index is 0.0533. The first-order chi connectivity index (χ1) is 11.7. The van der Waals surface area contributed by atoms with Gasteiger partial charge in [-0.15, -0.1) is 0 Å². The molecule has 2 aliphatic rings. The number of likely N-dealkylation sites (tertiary alicyclic amines) is 1. The SMILES string of the molecule is CCc1nccn1CCC(=O)NCC1CC(=O)N(C2CCCC2)C1. The van der Waals surface area contributed by atoms with Crippen LogP contribution in [0.15, 0.2) is 12.4 Å². The number of hydrogen-bond acceptors (Lipinski definition) is 3. The maximum absolute atomic E-state index is 12.2. The summed E-state index contributed by atoms with van der Waals surface area (Å²) in [6.45, 7) is 4.14. The van der Waals surface area contributed by atoms with Gasteiger partial charge >= 0.3 is 0 Å². The molecule has 2 fully saturated rings. The molecule has 2 heterocycles. The Bertz CT molecular complexity index is 577. The normalized spacial score (nSPS) is 21.6. The molecule has 2 amide bonds. The van der Waals surface area contributed by atoms with Crippen LogP contribution in [0.1, 0.15) is 51.3 Å². The van der Waals surface area contributed by atoms with E-state index in [-0.39, 0.29) is 17.7 Å². The van der Waals surface area contributed by atoms with E-state index in [1.807, 2.05) is 10.8 Å². The average Bonchev–Trinajstić information content (AvgIpc) is 3.31. The molecule has 1 unspecified atom stereocenters. The first-order valence-corrected chi connectivity index (χ1v) is 9.23. The van der Waals surface area contributed by atoms with Crippen molar-refractivity contribution >= 4 is 11.8 Å². The number of aryl methyl sites for hydroxylation is 2. The molecule has 0 radical (unpaired) electrons. The summed E-state index contributed by atoms with van der Waals surface area (Å²) in [6, 6.07) is 0.451. The topological polar surface area (TPSA) is 67.2 Å². The maximum Gasteiger partial charge on any atom is 0.223 e. The van der Waals surface area contributed by atoms with E-state index in [4.69, 9.17) is 0 Å². The third kappa shape index (κ3) is 3.97. The highest BCUT2D eigenvalue weighted by molar-refractivity contribution is 5.79. The molecule has 1 aromatic heterocycles. The number of nitrogens with one attached hydrogen (secondary N) is 1. The predicted molar refractivity (Wildman–Crippen MR) is 91.3 cm³/mol. The van der Waals surface area contributed by atoms with Crippen molar-refractivity contribution in [1.29, 1.82) is 0 Å². The summed E-state index contributed by atoms with van der Waals surface area (Å²) in [5, 5.41) is 3.00. The van der Waals surface area contributed by atoms with Gasteiger partial charge in [0.2, 0.25) is 11.8 Å². The lowest BCUT2D eigenvalue weighted by Gasteiger charge is -2.24. The Morgan fingerprint density at radius 1 is 1.38 bits per heavy atom. The van der Waals surface area contributed by atoms with Gasteiger partial charge in [-0.2, -0.15) is 0 Å². The van der Waals surface area contributed by atoms with E-state index in [9.17, 15) is 9.59 Å². The van der Waals surface area contributed by atoms with Crippen molar-refractivity contribution in [3.8, 4) is 0 Å². The van der Waals surface area contributed by atoms with Crippen LogP contribution in [-0.4, -0.2) is 45.4 Å². The van der Waals surface area contributed by atoms with Crippen molar-refractivity contribution in [2.45, 2.75) is 64.5 Å². The lowest BCUT2D eigenvalue weighted by Crippen LogP contribution is -2.36. The zero-order chi connectivity index (χ0) is 16.9. The van der Waals surface area contributed by atoms with Gasteiger partial charge in [0.15, 0.2) is 0 Å². The minimum Gasteiger partial charge on any atom is -0.356 e. The molecule has 0 aromatic carbocycles. The molecule has 1 aromatic rings. The van der Waals surface area contributed by atoms with Crippen LogP contribution in [-0.2, 0) is 22.6 Å². The highest BCUT2D eigenvalue weighted by Gasteiger charge is 2.35. The van der Waals surface area contributed by atoms with Crippen molar-refractivity contribution in [1.82, 2.24) is 19.8 Å². The Hall–Kier alpha value is -1.85. The van der Waals surface area contributed by atoms with Crippen LogP contribution in [0.5, 0.6) is 0 Å². The van der Waals surface area contributed by atoms with Crippen molar-refractivity contribution in [3.63, 3.8) is 0 Å². The number of aromatic nitrogens is 2. The van der Waals surface area contributed by atoms with E-state index >= 15 is 0 Å². The summed E-state index contributed by atoms with van der Waals surface area (Å²) >= 11 is 0. The Kier molecular flexibility index (Phi) is 5.53. The molecule has 132 valence electrons. The fourth-order valence-electron chi connectivity index (χ4n) is 3.94. The molecule has 0 bridgehead atoms. The monoisotopic (exact) mass is 332 g/mol. The zero-order valence-electron chi connectivity index (χ0n) is 14.5. The van der Waals surface area contributed by atoms with Crippen LogP contribution in [0.2, 0.25) is 0 Å². The molecule has 6 heteroatoms. The van der Waals surface area contributed by atoms with Gasteiger partial charge in [-0.1, -0.05) is 19.8 Å². The third-order valence-corrected chi connectivity index (χ3v) is 5.29. The van der Waals surface area contributed by atoms with Gasteiger partial charge in [-0.05, 0) is 12.8 Å².